The second-order valence-corrected chi connectivity index (χ2v) is 5.16. The zero-order valence-corrected chi connectivity index (χ0v) is 14.0. The molecule has 8 nitrogen and oxygen atoms in total. The molecule has 0 saturated carbocycles. The number of hydrogen-bond acceptors (Lipinski definition) is 6. The Morgan fingerprint density at radius 1 is 1.33 bits per heavy atom. The molecule has 9 heteroatoms. The van der Waals surface area contributed by atoms with Gasteiger partial charge < -0.3 is 19.5 Å². The molecule has 3 amide bonds. The number of halogens is 1. The van der Waals surface area contributed by atoms with Gasteiger partial charge in [0.2, 0.25) is 0 Å². The van der Waals surface area contributed by atoms with E-state index in [-0.39, 0.29) is 28.8 Å². The molecule has 0 radical (unpaired) electrons. The smallest absolute Gasteiger partial charge is 0.343 e. The third-order valence-corrected chi connectivity index (χ3v) is 3.49. The molecule has 1 heterocycles. The maximum atomic E-state index is 11.9. The number of methoxy groups -OCH3 is 2. The van der Waals surface area contributed by atoms with Crippen LogP contribution in [0.1, 0.15) is 5.56 Å². The number of benzene rings is 1. The predicted molar refractivity (Wildman–Crippen MR) is 84.8 cm³/mol. The molecular formula is C15H15ClN2O6. The maximum absolute atomic E-state index is 11.9. The molecule has 0 unspecified atom stereocenters. The van der Waals surface area contributed by atoms with Crippen molar-refractivity contribution in [3.05, 3.63) is 28.4 Å². The van der Waals surface area contributed by atoms with Crippen molar-refractivity contribution in [2.24, 2.45) is 0 Å². The quantitative estimate of drug-likeness (QED) is 0.488. The number of carbonyl (C=O) groups is 3. The summed E-state index contributed by atoms with van der Waals surface area (Å²) in [5, 5.41) is 2.62. The first-order valence-electron chi connectivity index (χ1n) is 6.75. The van der Waals surface area contributed by atoms with E-state index in [1.165, 1.54) is 33.4 Å². The number of carbonyl (C=O) groups excluding carboxylic acids is 3. The van der Waals surface area contributed by atoms with Gasteiger partial charge in [-0.05, 0) is 23.8 Å². The first-order valence-corrected chi connectivity index (χ1v) is 7.13. The predicted octanol–water partition coefficient (Wildman–Crippen LogP) is 1.42. The van der Waals surface area contributed by atoms with E-state index in [0.717, 1.165) is 4.90 Å². The summed E-state index contributed by atoms with van der Waals surface area (Å²) in [7, 11) is 4.02. The summed E-state index contributed by atoms with van der Waals surface area (Å²) in [6, 6.07) is 2.56. The first-order chi connectivity index (χ1) is 11.4. The fourth-order valence-corrected chi connectivity index (χ4v) is 2.22. The number of amides is 3. The van der Waals surface area contributed by atoms with Crippen LogP contribution in [0.15, 0.2) is 17.8 Å². The minimum Gasteiger partial charge on any atom is -0.493 e. The van der Waals surface area contributed by atoms with Crippen LogP contribution in [0.4, 0.5) is 4.79 Å². The van der Waals surface area contributed by atoms with Gasteiger partial charge in [0.05, 0.1) is 19.2 Å². The summed E-state index contributed by atoms with van der Waals surface area (Å²) in [6.45, 7) is -0.327. The van der Waals surface area contributed by atoms with E-state index in [1.807, 2.05) is 0 Å². The van der Waals surface area contributed by atoms with Crippen molar-refractivity contribution in [2.75, 3.05) is 27.9 Å². The molecule has 1 aromatic rings. The third kappa shape index (κ3) is 3.60. The van der Waals surface area contributed by atoms with E-state index in [9.17, 15) is 14.4 Å². The van der Waals surface area contributed by atoms with Gasteiger partial charge in [0, 0.05) is 7.05 Å². The maximum Gasteiger partial charge on any atom is 0.343 e. The molecule has 0 bridgehead atoms. The Morgan fingerprint density at radius 3 is 2.58 bits per heavy atom. The van der Waals surface area contributed by atoms with Crippen LogP contribution in [0, 0.1) is 0 Å². The summed E-state index contributed by atoms with van der Waals surface area (Å²) >= 11 is 6.15. The van der Waals surface area contributed by atoms with E-state index in [0.29, 0.717) is 5.56 Å². The van der Waals surface area contributed by atoms with Crippen LogP contribution in [0.3, 0.4) is 0 Å². The van der Waals surface area contributed by atoms with Crippen molar-refractivity contribution >= 4 is 35.6 Å². The molecule has 128 valence electrons. The van der Waals surface area contributed by atoms with Crippen LogP contribution in [-0.4, -0.2) is 50.7 Å². The number of hydrogen-bond donors (Lipinski definition) is 1. The molecule has 1 aromatic carbocycles. The topological polar surface area (TPSA) is 94.2 Å². The van der Waals surface area contributed by atoms with Crippen molar-refractivity contribution in [1.82, 2.24) is 10.2 Å². The minimum absolute atomic E-state index is 0.115. The number of nitrogens with zero attached hydrogens (tertiary/aromatic N) is 1. The molecule has 0 aromatic heterocycles. The summed E-state index contributed by atoms with van der Waals surface area (Å²) in [4.78, 5) is 35.4. The Morgan fingerprint density at radius 2 is 2.04 bits per heavy atom. The van der Waals surface area contributed by atoms with Crippen molar-refractivity contribution in [1.29, 1.82) is 0 Å². The first kappa shape index (κ1) is 17.6. The van der Waals surface area contributed by atoms with Gasteiger partial charge in [0.25, 0.3) is 5.91 Å². The normalized spacial score (nSPS) is 15.5. The van der Waals surface area contributed by atoms with Gasteiger partial charge in [-0.1, -0.05) is 11.6 Å². The van der Waals surface area contributed by atoms with Gasteiger partial charge in [0.1, 0.15) is 5.70 Å². The molecule has 2 rings (SSSR count). The SMILES string of the molecule is COC(=O)COc1c(Cl)cc(/C=C2/NC(=O)N(C)C2=O)cc1OC. The lowest BCUT2D eigenvalue weighted by Crippen LogP contribution is -2.25. The van der Waals surface area contributed by atoms with Gasteiger partial charge in [-0.3, -0.25) is 9.69 Å². The van der Waals surface area contributed by atoms with Gasteiger partial charge >= 0.3 is 12.0 Å². The van der Waals surface area contributed by atoms with Crippen molar-refractivity contribution in [3.63, 3.8) is 0 Å². The van der Waals surface area contributed by atoms with Crippen LogP contribution >= 0.6 is 11.6 Å². The standard InChI is InChI=1S/C15H15ClN2O6/c1-18-14(20)10(17-15(18)21)5-8-4-9(16)13(11(6-8)22-2)24-7-12(19)23-3/h4-6H,7H2,1-3H3,(H,17,21)/b10-5+. The zero-order chi connectivity index (χ0) is 17.9. The van der Waals surface area contributed by atoms with Crippen LogP contribution in [0.2, 0.25) is 5.02 Å². The highest BCUT2D eigenvalue weighted by molar-refractivity contribution is 6.32. The summed E-state index contributed by atoms with van der Waals surface area (Å²) < 4.78 is 15.0. The highest BCUT2D eigenvalue weighted by atomic mass is 35.5. The minimum atomic E-state index is -0.568. The second-order valence-electron chi connectivity index (χ2n) is 4.75. The molecule has 0 aliphatic carbocycles. The number of rotatable bonds is 5. The molecule has 1 aliphatic heterocycles. The van der Waals surface area contributed by atoms with Crippen LogP contribution in [0.5, 0.6) is 11.5 Å². The summed E-state index contributed by atoms with van der Waals surface area (Å²) in [5.74, 6) is -0.586. The van der Waals surface area contributed by atoms with Crippen LogP contribution in [0.25, 0.3) is 6.08 Å². The zero-order valence-electron chi connectivity index (χ0n) is 13.2. The molecule has 1 aliphatic rings. The summed E-state index contributed by atoms with van der Waals surface area (Å²) in [5.41, 5.74) is 0.630. The molecule has 1 fully saturated rings. The van der Waals surface area contributed by atoms with Gasteiger partial charge in [-0.25, -0.2) is 9.59 Å². The van der Waals surface area contributed by atoms with Crippen molar-refractivity contribution in [3.8, 4) is 11.5 Å². The second kappa shape index (κ2) is 7.22. The van der Waals surface area contributed by atoms with Gasteiger partial charge in [-0.15, -0.1) is 0 Å². The van der Waals surface area contributed by atoms with Crippen molar-refractivity contribution in [2.45, 2.75) is 0 Å². The molecule has 24 heavy (non-hydrogen) atoms. The molecule has 1 saturated heterocycles. The highest BCUT2D eigenvalue weighted by Gasteiger charge is 2.30. The fourth-order valence-electron chi connectivity index (χ4n) is 1.94. The Balaban J connectivity index is 2.31. The summed E-state index contributed by atoms with van der Waals surface area (Å²) in [6.07, 6.45) is 1.46. The number of nitrogens with one attached hydrogen (secondary N) is 1. The number of ether oxygens (including phenoxy) is 3. The Labute approximate surface area is 142 Å². The number of esters is 1. The van der Waals surface area contributed by atoms with E-state index in [2.05, 4.69) is 10.1 Å². The van der Waals surface area contributed by atoms with Crippen molar-refractivity contribution < 1.29 is 28.6 Å². The number of urea groups is 1. The number of imide groups is 1. The van der Waals surface area contributed by atoms with Crippen LogP contribution in [-0.2, 0) is 14.3 Å². The van der Waals surface area contributed by atoms with E-state index < -0.39 is 17.9 Å². The Kier molecular flexibility index (Phi) is 5.30. The van der Waals surface area contributed by atoms with E-state index in [1.54, 1.807) is 6.07 Å². The van der Waals surface area contributed by atoms with Gasteiger partial charge in [-0.2, -0.15) is 0 Å². The average Bonchev–Trinajstić information content (AvgIpc) is 2.80. The monoisotopic (exact) mass is 354 g/mol. The molecule has 0 spiro atoms. The molecule has 0 atom stereocenters. The van der Waals surface area contributed by atoms with Crippen LogP contribution < -0.4 is 14.8 Å². The third-order valence-electron chi connectivity index (χ3n) is 3.21. The number of likely N-dealkylation sites (N-methyl/N-ethyl adjacent to an activating group) is 1. The Bertz CT molecular complexity index is 731. The average molecular weight is 355 g/mol. The lowest BCUT2D eigenvalue weighted by Gasteiger charge is -2.12. The lowest BCUT2D eigenvalue weighted by atomic mass is 10.1. The molecule has 1 N–H and O–H groups in total. The van der Waals surface area contributed by atoms with E-state index in [4.69, 9.17) is 21.1 Å². The fraction of sp³-hybridized carbons (Fsp3) is 0.267. The largest absolute Gasteiger partial charge is 0.493 e. The highest BCUT2D eigenvalue weighted by Crippen LogP contribution is 2.37. The lowest BCUT2D eigenvalue weighted by molar-refractivity contribution is -0.142. The van der Waals surface area contributed by atoms with Gasteiger partial charge in [0.15, 0.2) is 18.1 Å². The van der Waals surface area contributed by atoms with E-state index >= 15 is 0 Å². The molecular weight excluding hydrogens is 340 g/mol. The Hall–Kier alpha value is -2.74.